The van der Waals surface area contributed by atoms with Gasteiger partial charge in [-0.05, 0) is 12.8 Å². The average molecular weight is 142 g/mol. The molecular formula is C9H18O. The van der Waals surface area contributed by atoms with Crippen molar-refractivity contribution in [2.24, 2.45) is 5.41 Å². The highest BCUT2D eigenvalue weighted by molar-refractivity contribution is 4.83. The summed E-state index contributed by atoms with van der Waals surface area (Å²) in [6.45, 7) is 6.56. The predicted molar refractivity (Wildman–Crippen MR) is 43.1 cm³/mol. The second kappa shape index (κ2) is 3.38. The number of ether oxygens (including phenoxy) is 1. The lowest BCUT2D eigenvalue weighted by molar-refractivity contribution is -0.120. The number of rotatable bonds is 4. The molecule has 0 spiro atoms. The molecule has 0 amide bonds. The van der Waals surface area contributed by atoms with Crippen LogP contribution < -0.4 is 0 Å². The van der Waals surface area contributed by atoms with Crippen molar-refractivity contribution in [1.29, 1.82) is 0 Å². The fourth-order valence-corrected chi connectivity index (χ4v) is 1.47. The Balaban J connectivity index is 2.20. The van der Waals surface area contributed by atoms with Gasteiger partial charge in [0.1, 0.15) is 0 Å². The van der Waals surface area contributed by atoms with Crippen molar-refractivity contribution in [1.82, 2.24) is 0 Å². The first kappa shape index (κ1) is 8.06. The van der Waals surface area contributed by atoms with Crippen molar-refractivity contribution >= 4 is 0 Å². The van der Waals surface area contributed by atoms with E-state index in [1.165, 1.54) is 25.7 Å². The minimum absolute atomic E-state index is 0.593. The van der Waals surface area contributed by atoms with Gasteiger partial charge in [0, 0.05) is 5.41 Å². The first-order valence-corrected chi connectivity index (χ1v) is 4.41. The van der Waals surface area contributed by atoms with E-state index in [-0.39, 0.29) is 0 Å². The van der Waals surface area contributed by atoms with Crippen LogP contribution in [0.4, 0.5) is 0 Å². The third-order valence-electron chi connectivity index (χ3n) is 2.63. The molecule has 1 saturated heterocycles. The highest BCUT2D eigenvalue weighted by Gasteiger charge is 2.35. The van der Waals surface area contributed by atoms with Crippen LogP contribution in [-0.4, -0.2) is 13.2 Å². The van der Waals surface area contributed by atoms with Crippen LogP contribution in [0.15, 0.2) is 0 Å². The fraction of sp³-hybridized carbons (Fsp3) is 1.00. The molecule has 0 aromatic rings. The molecule has 1 nitrogen and oxygen atoms in total. The maximum Gasteiger partial charge on any atom is 0.0544 e. The molecule has 10 heavy (non-hydrogen) atoms. The third-order valence-corrected chi connectivity index (χ3v) is 2.63. The zero-order valence-corrected chi connectivity index (χ0v) is 7.15. The zero-order chi connectivity index (χ0) is 7.45. The first-order valence-electron chi connectivity index (χ1n) is 4.41. The summed E-state index contributed by atoms with van der Waals surface area (Å²) in [5, 5.41) is 0. The molecular weight excluding hydrogens is 124 g/mol. The van der Waals surface area contributed by atoms with Crippen molar-refractivity contribution in [2.45, 2.75) is 39.5 Å². The Morgan fingerprint density at radius 3 is 2.30 bits per heavy atom. The van der Waals surface area contributed by atoms with Gasteiger partial charge in [-0.2, -0.15) is 0 Å². The van der Waals surface area contributed by atoms with Crippen LogP contribution in [0, 0.1) is 5.41 Å². The van der Waals surface area contributed by atoms with E-state index in [1.807, 2.05) is 0 Å². The topological polar surface area (TPSA) is 9.23 Å². The van der Waals surface area contributed by atoms with Gasteiger partial charge < -0.3 is 4.74 Å². The highest BCUT2D eigenvalue weighted by Crippen LogP contribution is 2.36. The highest BCUT2D eigenvalue weighted by atomic mass is 16.5. The Bertz CT molecular complexity index is 89.4. The van der Waals surface area contributed by atoms with Crippen LogP contribution in [0.2, 0.25) is 0 Å². The minimum atomic E-state index is 0.593. The van der Waals surface area contributed by atoms with E-state index in [9.17, 15) is 0 Å². The van der Waals surface area contributed by atoms with Gasteiger partial charge in [-0.1, -0.05) is 26.7 Å². The van der Waals surface area contributed by atoms with Crippen LogP contribution in [0.1, 0.15) is 39.5 Å². The maximum atomic E-state index is 5.23. The Morgan fingerprint density at radius 1 is 1.30 bits per heavy atom. The summed E-state index contributed by atoms with van der Waals surface area (Å²) in [6.07, 6.45) is 5.37. The van der Waals surface area contributed by atoms with E-state index in [4.69, 9.17) is 4.74 Å². The van der Waals surface area contributed by atoms with Crippen LogP contribution in [0.5, 0.6) is 0 Å². The van der Waals surface area contributed by atoms with E-state index >= 15 is 0 Å². The van der Waals surface area contributed by atoms with Gasteiger partial charge in [-0.3, -0.25) is 0 Å². The van der Waals surface area contributed by atoms with Crippen molar-refractivity contribution in [2.75, 3.05) is 13.2 Å². The summed E-state index contributed by atoms with van der Waals surface area (Å²) < 4.78 is 5.23. The SMILES string of the molecule is CCCCC1(CC)COC1. The number of unbranched alkanes of at least 4 members (excludes halogenated alkanes) is 1. The minimum Gasteiger partial charge on any atom is -0.380 e. The maximum absolute atomic E-state index is 5.23. The second-order valence-electron chi connectivity index (χ2n) is 3.45. The third kappa shape index (κ3) is 1.51. The van der Waals surface area contributed by atoms with Crippen molar-refractivity contribution in [3.8, 4) is 0 Å². The molecule has 1 fully saturated rings. The smallest absolute Gasteiger partial charge is 0.0544 e. The molecule has 1 rings (SSSR count). The van der Waals surface area contributed by atoms with Gasteiger partial charge in [-0.15, -0.1) is 0 Å². The van der Waals surface area contributed by atoms with Crippen LogP contribution in [0.25, 0.3) is 0 Å². The molecule has 0 radical (unpaired) electrons. The van der Waals surface area contributed by atoms with E-state index in [0.29, 0.717) is 5.41 Å². The average Bonchev–Trinajstić information content (AvgIpc) is 1.87. The van der Waals surface area contributed by atoms with Gasteiger partial charge >= 0.3 is 0 Å². The molecule has 0 unspecified atom stereocenters. The quantitative estimate of drug-likeness (QED) is 0.586. The lowest BCUT2D eigenvalue weighted by Gasteiger charge is -2.41. The van der Waals surface area contributed by atoms with Crippen molar-refractivity contribution in [3.63, 3.8) is 0 Å². The Hall–Kier alpha value is -0.0400. The Morgan fingerprint density at radius 2 is 2.00 bits per heavy atom. The van der Waals surface area contributed by atoms with Crippen molar-refractivity contribution < 1.29 is 4.74 Å². The Labute approximate surface area is 63.8 Å². The Kier molecular flexibility index (Phi) is 2.72. The van der Waals surface area contributed by atoms with Crippen LogP contribution in [0.3, 0.4) is 0 Å². The zero-order valence-electron chi connectivity index (χ0n) is 7.15. The second-order valence-corrected chi connectivity index (χ2v) is 3.45. The normalized spacial score (nSPS) is 22.2. The van der Waals surface area contributed by atoms with Crippen LogP contribution in [-0.2, 0) is 4.74 Å². The molecule has 1 aliphatic rings. The van der Waals surface area contributed by atoms with E-state index < -0.39 is 0 Å². The molecule has 0 aromatic heterocycles. The number of hydrogen-bond donors (Lipinski definition) is 0. The number of hydrogen-bond acceptors (Lipinski definition) is 1. The van der Waals surface area contributed by atoms with Gasteiger partial charge in [0.25, 0.3) is 0 Å². The molecule has 0 atom stereocenters. The molecule has 0 saturated carbocycles. The van der Waals surface area contributed by atoms with Gasteiger partial charge in [0.2, 0.25) is 0 Å². The molecule has 1 aliphatic heterocycles. The van der Waals surface area contributed by atoms with E-state index in [2.05, 4.69) is 13.8 Å². The summed E-state index contributed by atoms with van der Waals surface area (Å²) in [5.74, 6) is 0. The van der Waals surface area contributed by atoms with Crippen LogP contribution >= 0.6 is 0 Å². The lowest BCUT2D eigenvalue weighted by atomic mass is 9.79. The summed E-state index contributed by atoms with van der Waals surface area (Å²) >= 11 is 0. The largest absolute Gasteiger partial charge is 0.380 e. The van der Waals surface area contributed by atoms with E-state index in [1.54, 1.807) is 0 Å². The van der Waals surface area contributed by atoms with E-state index in [0.717, 1.165) is 13.2 Å². The summed E-state index contributed by atoms with van der Waals surface area (Å²) in [7, 11) is 0. The summed E-state index contributed by atoms with van der Waals surface area (Å²) in [5.41, 5.74) is 0.593. The van der Waals surface area contributed by atoms with Gasteiger partial charge in [0.15, 0.2) is 0 Å². The lowest BCUT2D eigenvalue weighted by Crippen LogP contribution is -2.41. The predicted octanol–water partition coefficient (Wildman–Crippen LogP) is 2.60. The summed E-state index contributed by atoms with van der Waals surface area (Å²) in [6, 6.07) is 0. The standard InChI is InChI=1S/C9H18O/c1-3-5-6-9(4-2)7-10-8-9/h3-8H2,1-2H3. The molecule has 0 N–H and O–H groups in total. The van der Waals surface area contributed by atoms with Gasteiger partial charge in [-0.25, -0.2) is 0 Å². The molecule has 0 aliphatic carbocycles. The molecule has 1 heterocycles. The fourth-order valence-electron chi connectivity index (χ4n) is 1.47. The first-order chi connectivity index (χ1) is 4.83. The molecule has 60 valence electrons. The molecule has 1 heteroatoms. The van der Waals surface area contributed by atoms with Gasteiger partial charge in [0.05, 0.1) is 13.2 Å². The summed E-state index contributed by atoms with van der Waals surface area (Å²) in [4.78, 5) is 0. The molecule has 0 aromatic carbocycles. The monoisotopic (exact) mass is 142 g/mol. The molecule has 0 bridgehead atoms. The van der Waals surface area contributed by atoms with Crippen molar-refractivity contribution in [3.05, 3.63) is 0 Å².